The molecule has 0 atom stereocenters. The Labute approximate surface area is 98.2 Å². The van der Waals surface area contributed by atoms with Crippen LogP contribution in [0.3, 0.4) is 0 Å². The van der Waals surface area contributed by atoms with Crippen LogP contribution in [-0.4, -0.2) is 16.0 Å². The van der Waals surface area contributed by atoms with E-state index in [2.05, 4.69) is 0 Å². The first-order valence-corrected chi connectivity index (χ1v) is 5.81. The molecule has 2 nitrogen and oxygen atoms in total. The topological polar surface area (TPSA) is 37.3 Å². The lowest BCUT2D eigenvalue weighted by Gasteiger charge is -2.00. The van der Waals surface area contributed by atoms with Crippen molar-refractivity contribution in [3.05, 3.63) is 41.2 Å². The standard InChI is InChI=1S/C12H13FO2S/c1-9(15)16-6-2-3-10-4-5-12(13)11(7-10)8-14/h2-5,7,14H,6,8H2,1H3. The normalized spacial score (nSPS) is 10.9. The summed E-state index contributed by atoms with van der Waals surface area (Å²) < 4.78 is 13.0. The van der Waals surface area contributed by atoms with Crippen molar-refractivity contribution in [3.8, 4) is 0 Å². The Kier molecular flexibility index (Phi) is 5.22. The number of rotatable bonds is 4. The number of hydrogen-bond donors (Lipinski definition) is 1. The molecule has 0 saturated carbocycles. The van der Waals surface area contributed by atoms with Crippen molar-refractivity contribution >= 4 is 23.0 Å². The molecule has 86 valence electrons. The number of carbonyl (C=O) groups excluding carboxylic acids is 1. The Bertz CT molecular complexity index is 402. The summed E-state index contributed by atoms with van der Waals surface area (Å²) >= 11 is 1.21. The summed E-state index contributed by atoms with van der Waals surface area (Å²) in [6.45, 7) is 1.20. The van der Waals surface area contributed by atoms with Crippen LogP contribution in [0.5, 0.6) is 0 Å². The second kappa shape index (κ2) is 6.45. The van der Waals surface area contributed by atoms with Gasteiger partial charge in [0.25, 0.3) is 0 Å². The second-order valence-corrected chi connectivity index (χ2v) is 4.41. The van der Waals surface area contributed by atoms with Crippen LogP contribution in [0.25, 0.3) is 6.08 Å². The third kappa shape index (κ3) is 4.16. The van der Waals surface area contributed by atoms with E-state index in [1.165, 1.54) is 24.8 Å². The highest BCUT2D eigenvalue weighted by atomic mass is 32.2. The van der Waals surface area contributed by atoms with E-state index < -0.39 is 5.82 Å². The fourth-order valence-electron chi connectivity index (χ4n) is 1.17. The highest BCUT2D eigenvalue weighted by Crippen LogP contribution is 2.12. The minimum absolute atomic E-state index is 0.0693. The number of hydrogen-bond acceptors (Lipinski definition) is 3. The Morgan fingerprint density at radius 2 is 2.31 bits per heavy atom. The maximum Gasteiger partial charge on any atom is 0.186 e. The lowest BCUT2D eigenvalue weighted by molar-refractivity contribution is -0.109. The molecular formula is C12H13FO2S. The van der Waals surface area contributed by atoms with Crippen LogP contribution in [0.2, 0.25) is 0 Å². The minimum atomic E-state index is -0.405. The van der Waals surface area contributed by atoms with E-state index in [0.29, 0.717) is 5.75 Å². The first-order chi connectivity index (χ1) is 7.63. The zero-order valence-electron chi connectivity index (χ0n) is 8.94. The summed E-state index contributed by atoms with van der Waals surface area (Å²) in [4.78, 5) is 10.6. The van der Waals surface area contributed by atoms with Gasteiger partial charge in [-0.1, -0.05) is 30.0 Å². The molecule has 0 spiro atoms. The highest BCUT2D eigenvalue weighted by molar-refractivity contribution is 8.13. The van der Waals surface area contributed by atoms with Crippen LogP contribution in [0, 0.1) is 5.82 Å². The molecule has 0 heterocycles. The molecule has 0 amide bonds. The maximum absolute atomic E-state index is 13.0. The van der Waals surface area contributed by atoms with Crippen LogP contribution in [0.1, 0.15) is 18.1 Å². The number of carbonyl (C=O) groups is 1. The molecule has 0 fully saturated rings. The first-order valence-electron chi connectivity index (χ1n) is 4.82. The van der Waals surface area contributed by atoms with Gasteiger partial charge in [0.15, 0.2) is 5.12 Å². The highest BCUT2D eigenvalue weighted by Gasteiger charge is 2.00. The second-order valence-electron chi connectivity index (χ2n) is 3.21. The number of aliphatic hydroxyl groups excluding tert-OH is 1. The van der Waals surface area contributed by atoms with Gasteiger partial charge < -0.3 is 5.11 Å². The molecule has 1 aromatic carbocycles. The van der Waals surface area contributed by atoms with E-state index in [4.69, 9.17) is 5.11 Å². The predicted molar refractivity (Wildman–Crippen MR) is 64.5 cm³/mol. The molecule has 0 bridgehead atoms. The third-order valence-electron chi connectivity index (χ3n) is 1.93. The zero-order chi connectivity index (χ0) is 12.0. The molecule has 16 heavy (non-hydrogen) atoms. The van der Waals surface area contributed by atoms with Crippen LogP contribution in [0.4, 0.5) is 4.39 Å². The van der Waals surface area contributed by atoms with Crippen LogP contribution < -0.4 is 0 Å². The number of aliphatic hydroxyl groups is 1. The first kappa shape index (κ1) is 12.9. The van der Waals surface area contributed by atoms with Gasteiger partial charge in [0, 0.05) is 18.2 Å². The lowest BCUT2D eigenvalue weighted by atomic mass is 10.1. The Morgan fingerprint density at radius 1 is 1.56 bits per heavy atom. The summed E-state index contributed by atoms with van der Waals surface area (Å²) in [5, 5.41) is 8.94. The summed E-state index contributed by atoms with van der Waals surface area (Å²) in [7, 11) is 0. The fourth-order valence-corrected chi connectivity index (χ4v) is 1.60. The van der Waals surface area contributed by atoms with E-state index >= 15 is 0 Å². The molecule has 0 aromatic heterocycles. The molecule has 0 aliphatic rings. The van der Waals surface area contributed by atoms with E-state index in [1.807, 2.05) is 6.08 Å². The van der Waals surface area contributed by atoms with Crippen LogP contribution >= 0.6 is 11.8 Å². The Morgan fingerprint density at radius 3 is 2.94 bits per heavy atom. The predicted octanol–water partition coefficient (Wildman–Crippen LogP) is 2.61. The minimum Gasteiger partial charge on any atom is -0.392 e. The molecule has 0 saturated heterocycles. The summed E-state index contributed by atoms with van der Waals surface area (Å²) in [6.07, 6.45) is 3.63. The molecule has 1 rings (SSSR count). The van der Waals surface area contributed by atoms with Gasteiger partial charge in [0.2, 0.25) is 0 Å². The molecule has 0 aliphatic heterocycles. The van der Waals surface area contributed by atoms with Gasteiger partial charge in [-0.2, -0.15) is 0 Å². The van der Waals surface area contributed by atoms with Crippen LogP contribution in [-0.2, 0) is 11.4 Å². The van der Waals surface area contributed by atoms with Crippen molar-refractivity contribution < 1.29 is 14.3 Å². The van der Waals surface area contributed by atoms with Crippen molar-refractivity contribution in [1.29, 1.82) is 0 Å². The van der Waals surface area contributed by atoms with Gasteiger partial charge >= 0.3 is 0 Å². The van der Waals surface area contributed by atoms with E-state index in [9.17, 15) is 9.18 Å². The quantitative estimate of drug-likeness (QED) is 0.879. The average Bonchev–Trinajstić information content (AvgIpc) is 2.26. The van der Waals surface area contributed by atoms with E-state index in [-0.39, 0.29) is 17.3 Å². The van der Waals surface area contributed by atoms with Crippen molar-refractivity contribution in [2.45, 2.75) is 13.5 Å². The number of thioether (sulfide) groups is 1. The summed E-state index contributed by atoms with van der Waals surface area (Å²) in [6, 6.07) is 4.54. The Balaban J connectivity index is 2.63. The molecule has 0 aliphatic carbocycles. The summed E-state index contributed by atoms with van der Waals surface area (Å²) in [5.41, 5.74) is 1.09. The van der Waals surface area contributed by atoms with Crippen molar-refractivity contribution in [1.82, 2.24) is 0 Å². The van der Waals surface area contributed by atoms with Gasteiger partial charge in [0.1, 0.15) is 5.82 Å². The average molecular weight is 240 g/mol. The van der Waals surface area contributed by atoms with Gasteiger partial charge in [-0.25, -0.2) is 4.39 Å². The summed E-state index contributed by atoms with van der Waals surface area (Å²) in [5.74, 6) is 0.194. The Hall–Kier alpha value is -1.13. The molecule has 0 radical (unpaired) electrons. The van der Waals surface area contributed by atoms with Crippen molar-refractivity contribution in [2.24, 2.45) is 0 Å². The molecule has 0 unspecified atom stereocenters. The molecule has 4 heteroatoms. The SMILES string of the molecule is CC(=O)SCC=Cc1ccc(F)c(CO)c1. The molecular weight excluding hydrogens is 227 g/mol. The fraction of sp³-hybridized carbons (Fsp3) is 0.250. The number of halogens is 1. The van der Waals surface area contributed by atoms with Gasteiger partial charge in [-0.05, 0) is 17.7 Å². The van der Waals surface area contributed by atoms with Crippen LogP contribution in [0.15, 0.2) is 24.3 Å². The van der Waals surface area contributed by atoms with Crippen molar-refractivity contribution in [2.75, 3.05) is 5.75 Å². The van der Waals surface area contributed by atoms with Gasteiger partial charge in [-0.3, -0.25) is 4.79 Å². The monoisotopic (exact) mass is 240 g/mol. The molecule has 1 N–H and O–H groups in total. The van der Waals surface area contributed by atoms with Gasteiger partial charge in [0.05, 0.1) is 6.61 Å². The maximum atomic E-state index is 13.0. The molecule has 1 aromatic rings. The van der Waals surface area contributed by atoms with E-state index in [1.54, 1.807) is 18.2 Å². The third-order valence-corrected chi connectivity index (χ3v) is 2.70. The largest absolute Gasteiger partial charge is 0.392 e. The smallest absolute Gasteiger partial charge is 0.186 e. The zero-order valence-corrected chi connectivity index (χ0v) is 9.76. The lowest BCUT2D eigenvalue weighted by Crippen LogP contribution is -1.90. The van der Waals surface area contributed by atoms with Gasteiger partial charge in [-0.15, -0.1) is 0 Å². The number of benzene rings is 1. The van der Waals surface area contributed by atoms with Crippen molar-refractivity contribution in [3.63, 3.8) is 0 Å². The van der Waals surface area contributed by atoms with E-state index in [0.717, 1.165) is 5.56 Å².